The molecule has 0 bridgehead atoms. The molecule has 0 aromatic heterocycles. The summed E-state index contributed by atoms with van der Waals surface area (Å²) in [5.74, 6) is 1.31. The van der Waals surface area contributed by atoms with E-state index in [9.17, 15) is 9.90 Å². The first-order valence-corrected chi connectivity index (χ1v) is 10.5. The molecule has 3 atom stereocenters. The summed E-state index contributed by atoms with van der Waals surface area (Å²) in [6, 6.07) is 14.2. The van der Waals surface area contributed by atoms with E-state index in [-0.39, 0.29) is 17.3 Å². The molecule has 3 aliphatic heterocycles. The lowest BCUT2D eigenvalue weighted by Crippen LogP contribution is -2.49. The number of methoxy groups -OCH3 is 1. The van der Waals surface area contributed by atoms with E-state index in [2.05, 4.69) is 34.9 Å². The van der Waals surface area contributed by atoms with Gasteiger partial charge < -0.3 is 14.7 Å². The van der Waals surface area contributed by atoms with E-state index >= 15 is 0 Å². The molecule has 3 saturated heterocycles. The first-order valence-electron chi connectivity index (χ1n) is 10.5. The molecular weight excluding hydrogens is 364 g/mol. The van der Waals surface area contributed by atoms with Gasteiger partial charge in [-0.05, 0) is 61.6 Å². The van der Waals surface area contributed by atoms with Crippen LogP contribution in [-0.2, 0) is 11.3 Å². The minimum Gasteiger partial charge on any atom is -0.504 e. The van der Waals surface area contributed by atoms with Crippen LogP contribution in [-0.4, -0.2) is 46.6 Å². The summed E-state index contributed by atoms with van der Waals surface area (Å²) in [4.78, 5) is 18.2. The van der Waals surface area contributed by atoms with Crippen molar-refractivity contribution in [2.75, 3.05) is 20.2 Å². The molecule has 2 aromatic carbocycles. The molecule has 5 heteroatoms. The highest BCUT2D eigenvalue weighted by atomic mass is 16.5. The first-order chi connectivity index (χ1) is 14.0. The summed E-state index contributed by atoms with van der Waals surface area (Å²) in [5.41, 5.74) is 3.26. The average molecular weight is 392 g/mol. The Labute approximate surface area is 171 Å². The number of nitrogens with zero attached hydrogens (tertiary/aromatic N) is 2. The molecule has 0 saturated carbocycles. The number of aryl methyl sites for hydroxylation is 1. The van der Waals surface area contributed by atoms with Crippen LogP contribution in [0.3, 0.4) is 0 Å². The molecule has 0 aliphatic carbocycles. The van der Waals surface area contributed by atoms with Gasteiger partial charge in [-0.1, -0.05) is 30.3 Å². The second-order valence-corrected chi connectivity index (χ2v) is 8.71. The number of benzene rings is 2. The fourth-order valence-electron chi connectivity index (χ4n) is 5.93. The lowest BCUT2D eigenvalue weighted by molar-refractivity contribution is -0.137. The van der Waals surface area contributed by atoms with E-state index in [1.54, 1.807) is 13.2 Å². The predicted molar refractivity (Wildman–Crippen MR) is 111 cm³/mol. The summed E-state index contributed by atoms with van der Waals surface area (Å²) in [6.45, 7) is 4.60. The van der Waals surface area contributed by atoms with Crippen LogP contribution in [0.5, 0.6) is 11.5 Å². The Morgan fingerprint density at radius 2 is 2.07 bits per heavy atom. The zero-order chi connectivity index (χ0) is 20.2. The molecule has 3 aliphatic rings. The Morgan fingerprint density at radius 1 is 1.24 bits per heavy atom. The normalized spacial score (nSPS) is 28.6. The van der Waals surface area contributed by atoms with Gasteiger partial charge in [-0.3, -0.25) is 9.69 Å². The number of likely N-dealkylation sites (tertiary alicyclic amines) is 1. The van der Waals surface area contributed by atoms with Crippen LogP contribution in [0.25, 0.3) is 0 Å². The quantitative estimate of drug-likeness (QED) is 0.863. The second kappa shape index (κ2) is 6.77. The Balaban J connectivity index is 1.43. The third-order valence-corrected chi connectivity index (χ3v) is 7.34. The molecule has 3 heterocycles. The molecule has 2 aromatic rings. The number of ether oxygens (including phenoxy) is 1. The highest BCUT2D eigenvalue weighted by Gasteiger charge is 2.65. The molecule has 3 fully saturated rings. The highest BCUT2D eigenvalue weighted by molar-refractivity contribution is 5.90. The molecule has 1 N–H and O–H groups in total. The van der Waals surface area contributed by atoms with Crippen LogP contribution in [0.2, 0.25) is 0 Å². The maximum Gasteiger partial charge on any atom is 0.243 e. The molecule has 5 rings (SSSR count). The van der Waals surface area contributed by atoms with Gasteiger partial charge in [0, 0.05) is 25.0 Å². The Bertz CT molecular complexity index is 959. The van der Waals surface area contributed by atoms with Crippen LogP contribution in [0, 0.1) is 12.8 Å². The SMILES string of the molecule is COc1cc([C@@H]2C[C@H]3CN(Cc4ccccc4C)C(=O)[C@]34CCCN24)ccc1O. The fraction of sp³-hybridized carbons (Fsp3) is 0.458. The van der Waals surface area contributed by atoms with Crippen LogP contribution in [0.4, 0.5) is 0 Å². The lowest BCUT2D eigenvalue weighted by Gasteiger charge is -2.34. The predicted octanol–water partition coefficient (Wildman–Crippen LogP) is 3.65. The largest absolute Gasteiger partial charge is 0.504 e. The maximum absolute atomic E-state index is 13.7. The van der Waals surface area contributed by atoms with Gasteiger partial charge in [-0.2, -0.15) is 0 Å². The summed E-state index contributed by atoms with van der Waals surface area (Å²) in [5, 5.41) is 9.97. The lowest BCUT2D eigenvalue weighted by atomic mass is 9.85. The number of hydrogen-bond donors (Lipinski definition) is 1. The van der Waals surface area contributed by atoms with Gasteiger partial charge in [0.2, 0.25) is 5.91 Å². The minimum atomic E-state index is -0.349. The molecular formula is C24H28N2O3. The topological polar surface area (TPSA) is 53.0 Å². The van der Waals surface area contributed by atoms with E-state index in [1.165, 1.54) is 11.1 Å². The molecule has 1 amide bonds. The van der Waals surface area contributed by atoms with Crippen molar-refractivity contribution < 1.29 is 14.6 Å². The van der Waals surface area contributed by atoms with Crippen molar-refractivity contribution in [3.63, 3.8) is 0 Å². The third kappa shape index (κ3) is 2.67. The summed E-state index contributed by atoms with van der Waals surface area (Å²) in [7, 11) is 1.58. The zero-order valence-corrected chi connectivity index (χ0v) is 17.1. The van der Waals surface area contributed by atoms with Crippen molar-refractivity contribution in [3.05, 3.63) is 59.2 Å². The van der Waals surface area contributed by atoms with E-state index in [4.69, 9.17) is 4.74 Å². The van der Waals surface area contributed by atoms with Crippen LogP contribution < -0.4 is 4.74 Å². The van der Waals surface area contributed by atoms with Crippen LogP contribution in [0.1, 0.15) is 42.0 Å². The Hall–Kier alpha value is -2.53. The second-order valence-electron chi connectivity index (χ2n) is 8.71. The zero-order valence-electron chi connectivity index (χ0n) is 17.1. The van der Waals surface area contributed by atoms with E-state index in [0.29, 0.717) is 24.1 Å². The molecule has 29 heavy (non-hydrogen) atoms. The molecule has 152 valence electrons. The van der Waals surface area contributed by atoms with Crippen LogP contribution >= 0.6 is 0 Å². The maximum atomic E-state index is 13.7. The van der Waals surface area contributed by atoms with Crippen molar-refractivity contribution in [2.45, 2.75) is 44.3 Å². The number of aromatic hydroxyl groups is 1. The first kappa shape index (κ1) is 18.5. The van der Waals surface area contributed by atoms with Gasteiger partial charge in [0.05, 0.1) is 7.11 Å². The summed E-state index contributed by atoms with van der Waals surface area (Å²) >= 11 is 0. The number of phenolic OH excluding ortho intramolecular Hbond substituents is 1. The van der Waals surface area contributed by atoms with Gasteiger partial charge in [-0.15, -0.1) is 0 Å². The van der Waals surface area contributed by atoms with Gasteiger partial charge in [0.15, 0.2) is 11.5 Å². The fourth-order valence-corrected chi connectivity index (χ4v) is 5.93. The number of phenols is 1. The monoisotopic (exact) mass is 392 g/mol. The average Bonchev–Trinajstić information content (AvgIpc) is 3.35. The number of carbonyl (C=O) groups is 1. The van der Waals surface area contributed by atoms with Gasteiger partial charge in [-0.25, -0.2) is 0 Å². The number of hydrogen-bond acceptors (Lipinski definition) is 4. The standard InChI is InChI=1S/C24H28N2O3/c1-16-6-3-4-7-18(16)14-25-15-19-13-20(17-8-9-21(27)22(12-17)29-2)26-11-5-10-24(19,26)23(25)28/h3-4,6-9,12,19-20,27H,5,10-11,13-15H2,1-2H3/t19-,20-,24-/m0/s1. The molecule has 0 radical (unpaired) electrons. The van der Waals surface area contributed by atoms with Crippen molar-refractivity contribution in [3.8, 4) is 11.5 Å². The van der Waals surface area contributed by atoms with E-state index < -0.39 is 0 Å². The molecule has 1 spiro atoms. The minimum absolute atomic E-state index is 0.158. The highest BCUT2D eigenvalue weighted by Crippen LogP contribution is 2.56. The van der Waals surface area contributed by atoms with Crippen molar-refractivity contribution in [2.24, 2.45) is 5.92 Å². The smallest absolute Gasteiger partial charge is 0.243 e. The summed E-state index contributed by atoms with van der Waals surface area (Å²) in [6.07, 6.45) is 2.99. The van der Waals surface area contributed by atoms with Crippen molar-refractivity contribution in [1.82, 2.24) is 9.80 Å². The van der Waals surface area contributed by atoms with Gasteiger partial charge >= 0.3 is 0 Å². The van der Waals surface area contributed by atoms with Crippen molar-refractivity contribution >= 4 is 5.91 Å². The summed E-state index contributed by atoms with van der Waals surface area (Å²) < 4.78 is 5.32. The van der Waals surface area contributed by atoms with E-state index in [0.717, 1.165) is 37.9 Å². The molecule has 5 nitrogen and oxygen atoms in total. The van der Waals surface area contributed by atoms with E-state index in [1.807, 2.05) is 18.2 Å². The third-order valence-electron chi connectivity index (χ3n) is 7.34. The van der Waals surface area contributed by atoms with Crippen molar-refractivity contribution in [1.29, 1.82) is 0 Å². The number of carbonyl (C=O) groups excluding carboxylic acids is 1. The van der Waals surface area contributed by atoms with Crippen LogP contribution in [0.15, 0.2) is 42.5 Å². The number of rotatable bonds is 4. The van der Waals surface area contributed by atoms with Gasteiger partial charge in [0.25, 0.3) is 0 Å². The Morgan fingerprint density at radius 3 is 2.86 bits per heavy atom. The van der Waals surface area contributed by atoms with Gasteiger partial charge in [0.1, 0.15) is 5.54 Å². The Kier molecular flexibility index (Phi) is 4.32. The number of amides is 1. The molecule has 0 unspecified atom stereocenters.